The molecule has 0 fully saturated rings. The van der Waals surface area contributed by atoms with Crippen LogP contribution in [0.25, 0.3) is 0 Å². The van der Waals surface area contributed by atoms with Crippen LogP contribution in [0.4, 0.5) is 5.88 Å². The Morgan fingerprint density at radius 1 is 1.38 bits per heavy atom. The van der Waals surface area contributed by atoms with Gasteiger partial charge in [0.15, 0.2) is 0 Å². The second kappa shape index (κ2) is 5.35. The minimum Gasteiger partial charge on any atom is -0.406 e. The fourth-order valence-corrected chi connectivity index (χ4v) is 0.751. The van der Waals surface area contributed by atoms with Crippen LogP contribution < -0.4 is 0 Å². The number of nitro groups is 1. The number of furan rings is 1. The van der Waals surface area contributed by atoms with E-state index in [9.17, 15) is 10.1 Å². The number of hydrogen-bond donors (Lipinski definition) is 0. The highest BCUT2D eigenvalue weighted by Crippen LogP contribution is 2.21. The topological polar surface area (TPSA) is 56.3 Å². The van der Waals surface area contributed by atoms with Gasteiger partial charge in [0, 0.05) is 5.92 Å². The summed E-state index contributed by atoms with van der Waals surface area (Å²) in [5, 5.41) is 10.1. The molecule has 0 saturated carbocycles. The summed E-state index contributed by atoms with van der Waals surface area (Å²) in [4.78, 5) is 9.61. The van der Waals surface area contributed by atoms with E-state index in [2.05, 4.69) is 0 Å². The van der Waals surface area contributed by atoms with Gasteiger partial charge < -0.3 is 4.42 Å². The third-order valence-corrected chi connectivity index (χ3v) is 1.36. The molecule has 0 saturated heterocycles. The Kier molecular flexibility index (Phi) is 4.80. The Bertz CT molecular complexity index is 266. The molecule has 13 heavy (non-hydrogen) atoms. The van der Waals surface area contributed by atoms with Crippen LogP contribution in [0, 0.1) is 10.1 Å². The molecule has 0 aliphatic rings. The molecule has 1 rings (SSSR count). The lowest BCUT2D eigenvalue weighted by molar-refractivity contribution is -0.402. The molecule has 4 nitrogen and oxygen atoms in total. The Hall–Kier alpha value is -1.32. The van der Waals surface area contributed by atoms with Crippen molar-refractivity contribution >= 4 is 5.88 Å². The van der Waals surface area contributed by atoms with Crippen molar-refractivity contribution in [3.8, 4) is 0 Å². The van der Waals surface area contributed by atoms with Crippen molar-refractivity contribution < 1.29 is 9.34 Å². The Balaban J connectivity index is 0.000000671. The first-order valence-electron chi connectivity index (χ1n) is 4.35. The van der Waals surface area contributed by atoms with Gasteiger partial charge in [-0.05, 0) is 6.07 Å². The molecule has 0 unspecified atom stereocenters. The van der Waals surface area contributed by atoms with Gasteiger partial charge in [-0.1, -0.05) is 27.7 Å². The summed E-state index contributed by atoms with van der Waals surface area (Å²) in [6, 6.07) is 3.00. The third-order valence-electron chi connectivity index (χ3n) is 1.36. The largest absolute Gasteiger partial charge is 0.433 e. The normalized spacial score (nSPS) is 9.31. The van der Waals surface area contributed by atoms with E-state index >= 15 is 0 Å². The quantitative estimate of drug-likeness (QED) is 0.524. The van der Waals surface area contributed by atoms with E-state index in [1.54, 1.807) is 6.07 Å². The zero-order valence-electron chi connectivity index (χ0n) is 8.40. The van der Waals surface area contributed by atoms with Crippen molar-refractivity contribution in [2.24, 2.45) is 0 Å². The van der Waals surface area contributed by atoms with Crippen LogP contribution >= 0.6 is 0 Å². The van der Waals surface area contributed by atoms with Gasteiger partial charge in [-0.25, -0.2) is 0 Å². The van der Waals surface area contributed by atoms with Crippen LogP contribution in [0.15, 0.2) is 16.5 Å². The molecule has 0 bridgehead atoms. The van der Waals surface area contributed by atoms with Gasteiger partial charge >= 0.3 is 5.88 Å². The second-order valence-corrected chi connectivity index (χ2v) is 2.59. The van der Waals surface area contributed by atoms with Gasteiger partial charge in [0.05, 0.1) is 6.07 Å². The van der Waals surface area contributed by atoms with Gasteiger partial charge in [0.25, 0.3) is 0 Å². The SMILES string of the molecule is CC.CC(C)c1ccc([N+](=O)[O-])o1. The van der Waals surface area contributed by atoms with Crippen molar-refractivity contribution in [2.45, 2.75) is 33.6 Å². The van der Waals surface area contributed by atoms with Gasteiger partial charge in [0.1, 0.15) is 10.7 Å². The molecule has 0 spiro atoms. The lowest BCUT2D eigenvalue weighted by Crippen LogP contribution is -1.84. The first-order chi connectivity index (χ1) is 6.11. The van der Waals surface area contributed by atoms with E-state index in [1.807, 2.05) is 27.7 Å². The lowest BCUT2D eigenvalue weighted by atomic mass is 10.2. The van der Waals surface area contributed by atoms with Crippen molar-refractivity contribution in [3.63, 3.8) is 0 Å². The van der Waals surface area contributed by atoms with Gasteiger partial charge in [-0.15, -0.1) is 0 Å². The highest BCUT2D eigenvalue weighted by Gasteiger charge is 2.12. The zero-order chi connectivity index (χ0) is 10.4. The number of hydrogen-bond acceptors (Lipinski definition) is 3. The summed E-state index contributed by atoms with van der Waals surface area (Å²) in [7, 11) is 0. The molecule has 0 amide bonds. The molecule has 0 aliphatic heterocycles. The van der Waals surface area contributed by atoms with Crippen LogP contribution in [-0.2, 0) is 0 Å². The summed E-state index contributed by atoms with van der Waals surface area (Å²) in [6.07, 6.45) is 0. The molecule has 1 aromatic rings. The molecule has 0 radical (unpaired) electrons. The smallest absolute Gasteiger partial charge is 0.406 e. The zero-order valence-corrected chi connectivity index (χ0v) is 8.40. The van der Waals surface area contributed by atoms with Crippen LogP contribution in [0.2, 0.25) is 0 Å². The van der Waals surface area contributed by atoms with E-state index < -0.39 is 4.92 Å². The molecule has 1 heterocycles. The van der Waals surface area contributed by atoms with Gasteiger partial charge in [0.2, 0.25) is 0 Å². The average molecular weight is 185 g/mol. The Morgan fingerprint density at radius 2 is 1.92 bits per heavy atom. The minimum atomic E-state index is -0.536. The highest BCUT2D eigenvalue weighted by molar-refractivity contribution is 5.19. The summed E-state index contributed by atoms with van der Waals surface area (Å²) in [5.41, 5.74) is 0. The standard InChI is InChI=1S/C7H9NO3.C2H6/c1-5(2)6-3-4-7(11-6)8(9)10;1-2/h3-5H,1-2H3;1-2H3. The van der Waals surface area contributed by atoms with E-state index in [-0.39, 0.29) is 11.8 Å². The highest BCUT2D eigenvalue weighted by atomic mass is 16.6. The average Bonchev–Trinajstić information content (AvgIpc) is 2.56. The van der Waals surface area contributed by atoms with Crippen molar-refractivity contribution in [2.75, 3.05) is 0 Å². The van der Waals surface area contributed by atoms with Crippen LogP contribution in [0.1, 0.15) is 39.4 Å². The van der Waals surface area contributed by atoms with Crippen LogP contribution in [-0.4, -0.2) is 4.92 Å². The second-order valence-electron chi connectivity index (χ2n) is 2.59. The fourth-order valence-electron chi connectivity index (χ4n) is 0.751. The first-order valence-corrected chi connectivity index (χ1v) is 4.35. The summed E-state index contributed by atoms with van der Waals surface area (Å²) < 4.78 is 4.91. The molecule has 1 aromatic heterocycles. The predicted molar refractivity (Wildman–Crippen MR) is 50.8 cm³/mol. The van der Waals surface area contributed by atoms with E-state index in [0.29, 0.717) is 5.76 Å². The summed E-state index contributed by atoms with van der Waals surface area (Å²) in [6.45, 7) is 7.84. The molecule has 0 aliphatic carbocycles. The fraction of sp³-hybridized carbons (Fsp3) is 0.556. The van der Waals surface area contributed by atoms with Crippen molar-refractivity contribution in [1.29, 1.82) is 0 Å². The van der Waals surface area contributed by atoms with Gasteiger partial charge in [-0.3, -0.25) is 10.1 Å². The van der Waals surface area contributed by atoms with Crippen LogP contribution in [0.3, 0.4) is 0 Å². The van der Waals surface area contributed by atoms with Crippen molar-refractivity contribution in [1.82, 2.24) is 0 Å². The maximum atomic E-state index is 10.1. The molecule has 0 atom stereocenters. The minimum absolute atomic E-state index is 0.186. The lowest BCUT2D eigenvalue weighted by Gasteiger charge is -1.95. The maximum absolute atomic E-state index is 10.1. The molecule has 4 heteroatoms. The molecule has 0 aromatic carbocycles. The van der Waals surface area contributed by atoms with Gasteiger partial charge in [-0.2, -0.15) is 0 Å². The Morgan fingerprint density at radius 3 is 2.15 bits per heavy atom. The number of rotatable bonds is 2. The molecular weight excluding hydrogens is 170 g/mol. The maximum Gasteiger partial charge on any atom is 0.433 e. The van der Waals surface area contributed by atoms with Crippen LogP contribution in [0.5, 0.6) is 0 Å². The molecular formula is C9H15NO3. The molecule has 0 N–H and O–H groups in total. The Labute approximate surface area is 77.7 Å². The van der Waals surface area contributed by atoms with Crippen molar-refractivity contribution in [3.05, 3.63) is 28.0 Å². The molecule has 74 valence electrons. The van der Waals surface area contributed by atoms with E-state index in [0.717, 1.165) is 0 Å². The summed E-state index contributed by atoms with van der Waals surface area (Å²) >= 11 is 0. The monoisotopic (exact) mass is 185 g/mol. The number of nitrogens with zero attached hydrogens (tertiary/aromatic N) is 1. The first kappa shape index (κ1) is 11.7. The van der Waals surface area contributed by atoms with E-state index in [4.69, 9.17) is 4.42 Å². The third kappa shape index (κ3) is 3.27. The van der Waals surface area contributed by atoms with E-state index in [1.165, 1.54) is 6.07 Å². The summed E-state index contributed by atoms with van der Waals surface area (Å²) in [5.74, 6) is 0.661. The predicted octanol–water partition coefficient (Wildman–Crippen LogP) is 3.34.